The van der Waals surface area contributed by atoms with E-state index in [0.717, 1.165) is 11.8 Å². The number of hydrogen-bond donors (Lipinski definition) is 0. The van der Waals surface area contributed by atoms with Crippen molar-refractivity contribution in [3.63, 3.8) is 0 Å². The van der Waals surface area contributed by atoms with E-state index >= 15 is 0 Å². The predicted molar refractivity (Wildman–Crippen MR) is 141 cm³/mol. The second-order valence-electron chi connectivity index (χ2n) is 9.47. The van der Waals surface area contributed by atoms with E-state index in [2.05, 4.69) is 0 Å². The maximum Gasteiger partial charge on any atom is 0.389 e. The van der Waals surface area contributed by atoms with Gasteiger partial charge in [-0.15, -0.1) is 11.8 Å². The topological polar surface area (TPSA) is 59.1 Å². The molecule has 0 spiro atoms. The Hall–Kier alpha value is -2.50. The first-order valence-corrected chi connectivity index (χ1v) is 13.9. The lowest BCUT2D eigenvalue weighted by Crippen LogP contribution is -2.39. The summed E-state index contributed by atoms with van der Waals surface area (Å²) in [5, 5.41) is 0. The summed E-state index contributed by atoms with van der Waals surface area (Å²) in [5.41, 5.74) is 0.748. The van der Waals surface area contributed by atoms with Crippen LogP contribution in [-0.2, 0) is 20.5 Å². The Balaban J connectivity index is 2.01. The number of likely N-dealkylation sites (N-methyl/N-ethyl adjacent to an activating group) is 1. The van der Waals surface area contributed by atoms with Gasteiger partial charge in [0.05, 0.1) is 27.8 Å². The Morgan fingerprint density at radius 1 is 1.19 bits per heavy atom. The molecule has 0 aliphatic carbocycles. The lowest BCUT2D eigenvalue weighted by Gasteiger charge is -2.30. The molecule has 6 nitrogen and oxygen atoms in total. The minimum Gasteiger partial charge on any atom is -0.464 e. The second-order valence-corrected chi connectivity index (χ2v) is 11.8. The average molecular weight is 557 g/mol. The molecule has 0 aromatic heterocycles. The van der Waals surface area contributed by atoms with Crippen LogP contribution >= 0.6 is 11.8 Å². The first-order valence-electron chi connectivity index (χ1n) is 11.6. The van der Waals surface area contributed by atoms with Crippen LogP contribution in [0.5, 0.6) is 5.75 Å². The van der Waals surface area contributed by atoms with Crippen molar-refractivity contribution in [2.75, 3.05) is 24.7 Å². The van der Waals surface area contributed by atoms with E-state index in [1.807, 2.05) is 47.6 Å². The van der Waals surface area contributed by atoms with Gasteiger partial charge in [0.15, 0.2) is 0 Å². The Bertz CT molecular complexity index is 1150. The minimum absolute atomic E-state index is 0.194. The van der Waals surface area contributed by atoms with Crippen molar-refractivity contribution >= 4 is 40.1 Å². The van der Waals surface area contributed by atoms with E-state index in [1.54, 1.807) is 33.9 Å². The van der Waals surface area contributed by atoms with Gasteiger partial charge in [-0.25, -0.2) is 13.3 Å². The number of para-hydroxylation sites is 1. The Morgan fingerprint density at radius 2 is 1.86 bits per heavy atom. The zero-order valence-corrected chi connectivity index (χ0v) is 23.0. The molecule has 3 rings (SSSR count). The van der Waals surface area contributed by atoms with Crippen molar-refractivity contribution in [2.45, 2.75) is 61.2 Å². The third-order valence-electron chi connectivity index (χ3n) is 5.53. The number of carbonyl (C=O) groups is 1. The molecule has 1 aliphatic heterocycles. The lowest BCUT2D eigenvalue weighted by molar-refractivity contribution is -0.148. The van der Waals surface area contributed by atoms with Crippen LogP contribution in [0.15, 0.2) is 64.6 Å². The van der Waals surface area contributed by atoms with Gasteiger partial charge in [0.25, 0.3) is 0 Å². The fraction of sp³-hybridized carbons (Fsp3) is 0.423. The summed E-state index contributed by atoms with van der Waals surface area (Å²) in [6.07, 6.45) is -1.26. The van der Waals surface area contributed by atoms with E-state index in [-0.39, 0.29) is 13.0 Å². The van der Waals surface area contributed by atoms with Gasteiger partial charge in [-0.2, -0.15) is 13.2 Å². The average Bonchev–Trinajstić information content (AvgIpc) is 2.91. The lowest BCUT2D eigenvalue weighted by atomic mass is 10.1. The third-order valence-corrected chi connectivity index (χ3v) is 7.81. The summed E-state index contributed by atoms with van der Waals surface area (Å²) in [7, 11) is -0.189. The van der Waals surface area contributed by atoms with Crippen LogP contribution < -0.4 is 9.64 Å². The third kappa shape index (κ3) is 7.99. The van der Waals surface area contributed by atoms with Gasteiger partial charge in [-0.1, -0.05) is 18.2 Å². The largest absolute Gasteiger partial charge is 0.464 e. The van der Waals surface area contributed by atoms with Crippen LogP contribution in [0.4, 0.5) is 24.5 Å². The summed E-state index contributed by atoms with van der Waals surface area (Å²) in [6, 6.07) is 12.1. The molecule has 2 aromatic carbocycles. The number of thioether (sulfide) groups is 1. The van der Waals surface area contributed by atoms with Crippen molar-refractivity contribution < 1.29 is 31.6 Å². The molecule has 0 N–H and O–H groups in total. The smallest absolute Gasteiger partial charge is 0.389 e. The van der Waals surface area contributed by atoms with Crippen molar-refractivity contribution in [1.29, 1.82) is 0 Å². The fourth-order valence-electron chi connectivity index (χ4n) is 3.80. The maximum absolute atomic E-state index is 13.6. The molecule has 37 heavy (non-hydrogen) atoms. The molecule has 2 unspecified atom stereocenters. The molecule has 0 bridgehead atoms. The summed E-state index contributed by atoms with van der Waals surface area (Å²) >= 11 is 1.39. The van der Waals surface area contributed by atoms with Gasteiger partial charge in [0.1, 0.15) is 22.3 Å². The number of benzene rings is 2. The van der Waals surface area contributed by atoms with Crippen LogP contribution in [0.3, 0.4) is 0 Å². The Morgan fingerprint density at radius 3 is 2.46 bits per heavy atom. The number of ether oxygens (including phenoxy) is 2. The van der Waals surface area contributed by atoms with Crippen molar-refractivity contribution in [1.82, 2.24) is 4.31 Å². The number of hydrogen-bond acceptors (Lipinski definition) is 6. The number of nitrogens with zero attached hydrogens (tertiary/aromatic N) is 2. The number of rotatable bonds is 7. The molecular weight excluding hydrogens is 525 g/mol. The molecule has 0 amide bonds. The molecule has 0 saturated carbocycles. The number of fused-ring (bicyclic) bond motifs is 1. The highest BCUT2D eigenvalue weighted by molar-refractivity contribution is 7.98. The van der Waals surface area contributed by atoms with Crippen molar-refractivity contribution in [3.8, 4) is 5.75 Å². The zero-order valence-electron chi connectivity index (χ0n) is 21.4. The van der Waals surface area contributed by atoms with Gasteiger partial charge < -0.3 is 14.4 Å². The molecular formula is C26H31F3N2O4S2. The summed E-state index contributed by atoms with van der Waals surface area (Å²) < 4.78 is 65.3. The van der Waals surface area contributed by atoms with Gasteiger partial charge >= 0.3 is 12.1 Å². The first-order chi connectivity index (χ1) is 17.3. The van der Waals surface area contributed by atoms with E-state index in [1.165, 1.54) is 22.3 Å². The normalized spacial score (nSPS) is 19.0. The SMILES string of the molecule is CSc1cc2c(cc1O/C=C/C(=O)OC(C)(C)C)S(=O)N(C)C(CCC(F)(F)F)CN2c1ccccc1. The molecule has 1 aliphatic rings. The molecule has 2 atom stereocenters. The second kappa shape index (κ2) is 11.9. The highest BCUT2D eigenvalue weighted by atomic mass is 32.2. The van der Waals surface area contributed by atoms with Gasteiger partial charge in [-0.05, 0) is 51.6 Å². The highest BCUT2D eigenvalue weighted by Crippen LogP contribution is 2.42. The minimum atomic E-state index is -4.31. The van der Waals surface area contributed by atoms with Crippen LogP contribution in [0, 0.1) is 0 Å². The monoisotopic (exact) mass is 556 g/mol. The van der Waals surface area contributed by atoms with Crippen LogP contribution in [0.2, 0.25) is 0 Å². The molecule has 1 heterocycles. The summed E-state index contributed by atoms with van der Waals surface area (Å²) in [6.45, 7) is 5.49. The molecule has 11 heteroatoms. The van der Waals surface area contributed by atoms with E-state index < -0.39 is 41.2 Å². The van der Waals surface area contributed by atoms with Crippen molar-refractivity contribution in [3.05, 3.63) is 54.8 Å². The van der Waals surface area contributed by atoms with Crippen LogP contribution in [0.1, 0.15) is 33.6 Å². The standard InChI is InChI=1S/C26H31F3N2O4S2/c1-25(2,3)35-24(32)12-14-34-21-16-23-20(15-22(21)36-5)31(18-9-7-6-8-10-18)17-19(30(4)37(23)33)11-13-26(27,28)29/h6-10,12,14-16,19H,11,13,17H2,1-5H3/b14-12+. The highest BCUT2D eigenvalue weighted by Gasteiger charge is 2.36. The van der Waals surface area contributed by atoms with E-state index in [9.17, 15) is 22.2 Å². The quantitative estimate of drug-likeness (QED) is 0.169. The van der Waals surface area contributed by atoms with E-state index in [4.69, 9.17) is 9.47 Å². The van der Waals surface area contributed by atoms with Gasteiger partial charge in [-0.3, -0.25) is 0 Å². The first kappa shape index (κ1) is 29.1. The Kier molecular flexibility index (Phi) is 9.36. The Labute approximate surface area is 222 Å². The van der Waals surface area contributed by atoms with Crippen LogP contribution in [0.25, 0.3) is 0 Å². The van der Waals surface area contributed by atoms with Crippen molar-refractivity contribution in [2.24, 2.45) is 0 Å². The van der Waals surface area contributed by atoms with Gasteiger partial charge in [0.2, 0.25) is 0 Å². The number of anilines is 2. The number of halogens is 3. The molecule has 0 radical (unpaired) electrons. The number of alkyl halides is 3. The fourth-order valence-corrected chi connectivity index (χ4v) is 5.65. The summed E-state index contributed by atoms with van der Waals surface area (Å²) in [4.78, 5) is 15.0. The van der Waals surface area contributed by atoms with Gasteiger partial charge in [0, 0.05) is 37.8 Å². The molecule has 2 aromatic rings. The molecule has 0 fully saturated rings. The van der Waals surface area contributed by atoms with E-state index in [0.29, 0.717) is 21.2 Å². The summed E-state index contributed by atoms with van der Waals surface area (Å²) in [5.74, 6) is -0.200. The maximum atomic E-state index is 13.6. The molecule has 202 valence electrons. The van der Waals surface area contributed by atoms with Crippen LogP contribution in [-0.4, -0.2) is 52.2 Å². The molecule has 0 saturated heterocycles. The number of esters is 1. The number of carbonyl (C=O) groups excluding carboxylic acids is 1. The zero-order chi connectivity index (χ0) is 27.4. The predicted octanol–water partition coefficient (Wildman–Crippen LogP) is 6.46.